The molecular formula is C12H9BrN4. The maximum absolute atomic E-state index is 5.66. The zero-order valence-electron chi connectivity index (χ0n) is 8.81. The van der Waals surface area contributed by atoms with E-state index in [9.17, 15) is 0 Å². The highest BCUT2D eigenvalue weighted by Gasteiger charge is 2.07. The molecule has 0 amide bonds. The van der Waals surface area contributed by atoms with Crippen molar-refractivity contribution in [1.29, 1.82) is 0 Å². The van der Waals surface area contributed by atoms with Crippen LogP contribution in [-0.4, -0.2) is 15.0 Å². The van der Waals surface area contributed by atoms with E-state index in [4.69, 9.17) is 5.73 Å². The van der Waals surface area contributed by atoms with E-state index in [0.717, 1.165) is 26.9 Å². The Morgan fingerprint density at radius 3 is 2.88 bits per heavy atom. The lowest BCUT2D eigenvalue weighted by molar-refractivity contribution is 1.29. The Hall–Kier alpha value is -1.88. The second-order valence-corrected chi connectivity index (χ2v) is 4.55. The molecule has 0 saturated carbocycles. The summed E-state index contributed by atoms with van der Waals surface area (Å²) in [5.41, 5.74) is 8.49. The summed E-state index contributed by atoms with van der Waals surface area (Å²) >= 11 is 3.48. The van der Waals surface area contributed by atoms with Crippen LogP contribution in [0.25, 0.3) is 22.4 Å². The lowest BCUT2D eigenvalue weighted by atomic mass is 10.2. The SMILES string of the molecule is Nc1cc(-c2nc3c(Br)cccc3[nH]2)ccn1. The number of nitrogens with zero attached hydrogens (tertiary/aromatic N) is 2. The van der Waals surface area contributed by atoms with Crippen molar-refractivity contribution in [2.75, 3.05) is 5.73 Å². The van der Waals surface area contributed by atoms with E-state index in [0.29, 0.717) is 5.82 Å². The number of para-hydroxylation sites is 1. The number of nitrogen functional groups attached to an aromatic ring is 1. The van der Waals surface area contributed by atoms with Crippen LogP contribution >= 0.6 is 15.9 Å². The van der Waals surface area contributed by atoms with Gasteiger partial charge in [-0.05, 0) is 40.2 Å². The summed E-state index contributed by atoms with van der Waals surface area (Å²) in [6.07, 6.45) is 1.67. The molecular weight excluding hydrogens is 280 g/mol. The summed E-state index contributed by atoms with van der Waals surface area (Å²) in [7, 11) is 0. The first-order chi connectivity index (χ1) is 8.24. The van der Waals surface area contributed by atoms with Crippen LogP contribution in [0, 0.1) is 0 Å². The van der Waals surface area contributed by atoms with Gasteiger partial charge >= 0.3 is 0 Å². The van der Waals surface area contributed by atoms with E-state index in [2.05, 4.69) is 30.9 Å². The van der Waals surface area contributed by atoms with Gasteiger partial charge in [0.25, 0.3) is 0 Å². The molecule has 1 aromatic carbocycles. The van der Waals surface area contributed by atoms with Gasteiger partial charge in [0.05, 0.1) is 5.52 Å². The van der Waals surface area contributed by atoms with Crippen molar-refractivity contribution in [3.05, 3.63) is 41.0 Å². The van der Waals surface area contributed by atoms with Crippen molar-refractivity contribution in [3.8, 4) is 11.4 Å². The molecule has 0 radical (unpaired) electrons. The number of pyridine rings is 1. The predicted octanol–water partition coefficient (Wildman–Crippen LogP) is 2.97. The van der Waals surface area contributed by atoms with Crippen LogP contribution in [-0.2, 0) is 0 Å². The number of aromatic amines is 1. The minimum absolute atomic E-state index is 0.488. The van der Waals surface area contributed by atoms with Crippen LogP contribution in [0.1, 0.15) is 0 Å². The molecule has 0 aliphatic carbocycles. The molecule has 2 aromatic heterocycles. The highest BCUT2D eigenvalue weighted by molar-refractivity contribution is 9.10. The van der Waals surface area contributed by atoms with E-state index in [1.807, 2.05) is 24.3 Å². The first-order valence-electron chi connectivity index (χ1n) is 5.10. The minimum atomic E-state index is 0.488. The third kappa shape index (κ3) is 1.78. The molecule has 0 fully saturated rings. The molecule has 0 bridgehead atoms. The number of halogens is 1. The van der Waals surface area contributed by atoms with Gasteiger partial charge in [-0.2, -0.15) is 0 Å². The van der Waals surface area contributed by atoms with Gasteiger partial charge in [-0.15, -0.1) is 0 Å². The number of imidazole rings is 1. The molecule has 0 atom stereocenters. The maximum atomic E-state index is 5.66. The zero-order chi connectivity index (χ0) is 11.8. The van der Waals surface area contributed by atoms with Crippen molar-refractivity contribution in [3.63, 3.8) is 0 Å². The fourth-order valence-corrected chi connectivity index (χ4v) is 2.18. The summed E-state index contributed by atoms with van der Waals surface area (Å²) in [5.74, 6) is 1.28. The molecule has 84 valence electrons. The Balaban J connectivity index is 2.22. The van der Waals surface area contributed by atoms with E-state index >= 15 is 0 Å². The van der Waals surface area contributed by atoms with Gasteiger partial charge in [-0.3, -0.25) is 0 Å². The first-order valence-corrected chi connectivity index (χ1v) is 5.89. The normalized spacial score (nSPS) is 10.9. The summed E-state index contributed by atoms with van der Waals surface area (Å²) in [5, 5.41) is 0. The van der Waals surface area contributed by atoms with E-state index in [1.54, 1.807) is 12.3 Å². The molecule has 17 heavy (non-hydrogen) atoms. The second-order valence-electron chi connectivity index (χ2n) is 3.69. The molecule has 3 N–H and O–H groups in total. The Kier molecular flexibility index (Phi) is 2.33. The van der Waals surface area contributed by atoms with Crippen LogP contribution < -0.4 is 5.73 Å². The number of hydrogen-bond acceptors (Lipinski definition) is 3. The number of nitrogens with one attached hydrogen (secondary N) is 1. The van der Waals surface area contributed by atoms with Gasteiger partial charge in [0, 0.05) is 16.2 Å². The van der Waals surface area contributed by atoms with Crippen LogP contribution in [0.3, 0.4) is 0 Å². The molecule has 0 saturated heterocycles. The number of nitrogens with two attached hydrogens (primary N) is 1. The standard InChI is InChI=1S/C12H9BrN4/c13-8-2-1-3-9-11(8)17-12(16-9)7-4-5-15-10(14)6-7/h1-6H,(H2,14,15)(H,16,17). The Labute approximate surface area is 106 Å². The molecule has 0 spiro atoms. The maximum Gasteiger partial charge on any atom is 0.138 e. The van der Waals surface area contributed by atoms with E-state index in [-0.39, 0.29) is 0 Å². The van der Waals surface area contributed by atoms with Gasteiger partial charge < -0.3 is 10.7 Å². The van der Waals surface area contributed by atoms with Gasteiger partial charge in [-0.25, -0.2) is 9.97 Å². The highest BCUT2D eigenvalue weighted by Crippen LogP contribution is 2.25. The van der Waals surface area contributed by atoms with Crippen molar-refractivity contribution >= 4 is 32.8 Å². The van der Waals surface area contributed by atoms with E-state index in [1.165, 1.54) is 0 Å². The average molecular weight is 289 g/mol. The number of fused-ring (bicyclic) bond motifs is 1. The first kappa shape index (κ1) is 10.3. The van der Waals surface area contributed by atoms with Gasteiger partial charge in [0.1, 0.15) is 17.2 Å². The molecule has 3 rings (SSSR count). The monoisotopic (exact) mass is 288 g/mol. The molecule has 2 heterocycles. The largest absolute Gasteiger partial charge is 0.384 e. The number of anilines is 1. The van der Waals surface area contributed by atoms with Crippen LogP contribution in [0.4, 0.5) is 5.82 Å². The summed E-state index contributed by atoms with van der Waals surface area (Å²) in [6, 6.07) is 9.60. The Morgan fingerprint density at radius 2 is 2.12 bits per heavy atom. The Morgan fingerprint density at radius 1 is 1.24 bits per heavy atom. The summed E-state index contributed by atoms with van der Waals surface area (Å²) < 4.78 is 0.972. The third-order valence-electron chi connectivity index (χ3n) is 2.52. The topological polar surface area (TPSA) is 67.6 Å². The lowest BCUT2D eigenvalue weighted by Crippen LogP contribution is -1.90. The minimum Gasteiger partial charge on any atom is -0.384 e. The molecule has 4 nitrogen and oxygen atoms in total. The van der Waals surface area contributed by atoms with Crippen molar-refractivity contribution in [2.45, 2.75) is 0 Å². The highest BCUT2D eigenvalue weighted by atomic mass is 79.9. The van der Waals surface area contributed by atoms with Crippen LogP contribution in [0.15, 0.2) is 41.0 Å². The zero-order valence-corrected chi connectivity index (χ0v) is 10.4. The molecule has 0 aliphatic heterocycles. The smallest absolute Gasteiger partial charge is 0.138 e. The summed E-state index contributed by atoms with van der Waals surface area (Å²) in [4.78, 5) is 11.8. The fourth-order valence-electron chi connectivity index (χ4n) is 1.73. The average Bonchev–Trinajstić information content (AvgIpc) is 2.74. The number of H-pyrrole nitrogens is 1. The van der Waals surface area contributed by atoms with Gasteiger partial charge in [0.2, 0.25) is 0 Å². The summed E-state index contributed by atoms with van der Waals surface area (Å²) in [6.45, 7) is 0. The van der Waals surface area contributed by atoms with Crippen molar-refractivity contribution < 1.29 is 0 Å². The van der Waals surface area contributed by atoms with Crippen LogP contribution in [0.2, 0.25) is 0 Å². The molecule has 0 unspecified atom stereocenters. The lowest BCUT2D eigenvalue weighted by Gasteiger charge is -1.96. The van der Waals surface area contributed by atoms with E-state index < -0.39 is 0 Å². The predicted molar refractivity (Wildman–Crippen MR) is 71.4 cm³/mol. The molecule has 3 aromatic rings. The molecule has 0 aliphatic rings. The Bertz CT molecular complexity index is 690. The van der Waals surface area contributed by atoms with Gasteiger partial charge in [0.15, 0.2) is 0 Å². The third-order valence-corrected chi connectivity index (χ3v) is 3.16. The number of rotatable bonds is 1. The van der Waals surface area contributed by atoms with Crippen molar-refractivity contribution in [1.82, 2.24) is 15.0 Å². The van der Waals surface area contributed by atoms with Crippen LogP contribution in [0.5, 0.6) is 0 Å². The molecule has 5 heteroatoms. The second kappa shape index (κ2) is 3.85. The number of aromatic nitrogens is 3. The number of hydrogen-bond donors (Lipinski definition) is 2. The van der Waals surface area contributed by atoms with Crippen molar-refractivity contribution in [2.24, 2.45) is 0 Å². The van der Waals surface area contributed by atoms with Gasteiger partial charge in [-0.1, -0.05) is 6.07 Å². The quantitative estimate of drug-likeness (QED) is 0.723. The number of benzene rings is 1. The fraction of sp³-hybridized carbons (Fsp3) is 0.